The van der Waals surface area contributed by atoms with Crippen molar-refractivity contribution in [2.24, 2.45) is 0 Å². The van der Waals surface area contributed by atoms with E-state index >= 15 is 0 Å². The fourth-order valence-corrected chi connectivity index (χ4v) is 4.41. The number of methoxy groups -OCH3 is 1. The first-order valence-corrected chi connectivity index (χ1v) is 12.0. The van der Waals surface area contributed by atoms with Gasteiger partial charge in [0.25, 0.3) is 5.91 Å². The Morgan fingerprint density at radius 1 is 1.12 bits per heavy atom. The third-order valence-corrected chi connectivity index (χ3v) is 6.27. The molecule has 1 aliphatic rings. The van der Waals surface area contributed by atoms with Crippen LogP contribution in [-0.4, -0.2) is 55.4 Å². The van der Waals surface area contributed by atoms with Crippen LogP contribution in [0.15, 0.2) is 59.1 Å². The molecule has 1 saturated heterocycles. The minimum Gasteiger partial charge on any atom is -0.497 e. The second-order valence-corrected chi connectivity index (χ2v) is 8.41. The van der Waals surface area contributed by atoms with Crippen molar-refractivity contribution in [2.75, 3.05) is 38.3 Å². The number of amides is 1. The molecule has 1 fully saturated rings. The van der Waals surface area contributed by atoms with E-state index in [1.54, 1.807) is 13.2 Å². The quantitative estimate of drug-likeness (QED) is 0.421. The lowest BCUT2D eigenvalue weighted by Crippen LogP contribution is -2.37. The molecule has 4 rings (SSSR count). The van der Waals surface area contributed by atoms with Crippen LogP contribution in [0.3, 0.4) is 0 Å². The Morgan fingerprint density at radius 2 is 1.91 bits per heavy atom. The van der Waals surface area contributed by atoms with Crippen LogP contribution >= 0.6 is 0 Å². The first-order valence-electron chi connectivity index (χ1n) is 12.0. The van der Waals surface area contributed by atoms with Crippen LogP contribution in [0.25, 0.3) is 11.3 Å². The summed E-state index contributed by atoms with van der Waals surface area (Å²) >= 11 is 0. The van der Waals surface area contributed by atoms with E-state index in [1.165, 1.54) is 0 Å². The number of carbonyl (C=O) groups is 1. The Kier molecular flexibility index (Phi) is 7.85. The van der Waals surface area contributed by atoms with E-state index in [0.29, 0.717) is 30.3 Å². The van der Waals surface area contributed by atoms with Crippen molar-refractivity contribution in [3.8, 4) is 17.0 Å². The van der Waals surface area contributed by atoms with Crippen LogP contribution in [0.1, 0.15) is 42.6 Å². The fourth-order valence-electron chi connectivity index (χ4n) is 4.41. The van der Waals surface area contributed by atoms with Crippen LogP contribution in [0.4, 0.5) is 5.88 Å². The number of anilines is 1. The summed E-state index contributed by atoms with van der Waals surface area (Å²) in [5.41, 5.74) is 3.22. The Morgan fingerprint density at radius 3 is 2.59 bits per heavy atom. The SMILES string of the molecule is CCN(CC)c1onc(-c2ccccc2)c1CN(C[C@@H]1CCCO1)C(=O)c1cccc(OC)c1. The van der Waals surface area contributed by atoms with Gasteiger partial charge in [-0.2, -0.15) is 0 Å². The highest BCUT2D eigenvalue weighted by molar-refractivity contribution is 5.94. The number of aromatic nitrogens is 1. The van der Waals surface area contributed by atoms with Crippen molar-refractivity contribution in [3.05, 3.63) is 65.7 Å². The van der Waals surface area contributed by atoms with E-state index in [0.717, 1.165) is 49.4 Å². The molecule has 34 heavy (non-hydrogen) atoms. The van der Waals surface area contributed by atoms with E-state index in [4.69, 9.17) is 14.0 Å². The number of hydrogen-bond acceptors (Lipinski definition) is 6. The molecule has 1 atom stereocenters. The van der Waals surface area contributed by atoms with Crippen molar-refractivity contribution in [3.63, 3.8) is 0 Å². The number of hydrogen-bond donors (Lipinski definition) is 0. The van der Waals surface area contributed by atoms with Gasteiger partial charge < -0.3 is 23.8 Å². The normalized spacial score (nSPS) is 15.3. The molecule has 1 aromatic heterocycles. The molecule has 0 radical (unpaired) electrons. The standard InChI is InChI=1S/C27H33N3O4/c1-4-29(5-2)27-24(25(28-34-27)20-11-7-6-8-12-20)19-30(18-23-15-10-16-33-23)26(31)21-13-9-14-22(17-21)32-3/h6-9,11-14,17,23H,4-5,10,15-16,18-19H2,1-3H3/t23-/m0/s1. The molecule has 2 aromatic carbocycles. The molecule has 0 bridgehead atoms. The van der Waals surface area contributed by atoms with Crippen LogP contribution < -0.4 is 9.64 Å². The highest BCUT2D eigenvalue weighted by atomic mass is 16.5. The third kappa shape index (κ3) is 5.25. The highest BCUT2D eigenvalue weighted by Gasteiger charge is 2.29. The maximum atomic E-state index is 13.7. The largest absolute Gasteiger partial charge is 0.497 e. The lowest BCUT2D eigenvalue weighted by atomic mass is 10.1. The summed E-state index contributed by atoms with van der Waals surface area (Å²) in [5, 5.41) is 4.44. The number of benzene rings is 2. The fraction of sp³-hybridized carbons (Fsp3) is 0.407. The Balaban J connectivity index is 1.73. The summed E-state index contributed by atoms with van der Waals surface area (Å²) < 4.78 is 17.1. The van der Waals surface area contributed by atoms with Crippen molar-refractivity contribution in [1.29, 1.82) is 0 Å². The van der Waals surface area contributed by atoms with Crippen molar-refractivity contribution in [2.45, 2.75) is 39.3 Å². The smallest absolute Gasteiger partial charge is 0.254 e. The van der Waals surface area contributed by atoms with Gasteiger partial charge >= 0.3 is 0 Å². The molecule has 0 aliphatic carbocycles. The predicted molar refractivity (Wildman–Crippen MR) is 132 cm³/mol. The second kappa shape index (κ2) is 11.2. The van der Waals surface area contributed by atoms with Crippen LogP contribution in [0.5, 0.6) is 5.75 Å². The molecule has 7 nitrogen and oxygen atoms in total. The van der Waals surface area contributed by atoms with Gasteiger partial charge in [-0.1, -0.05) is 41.6 Å². The summed E-state index contributed by atoms with van der Waals surface area (Å²) in [6.45, 7) is 7.35. The zero-order chi connectivity index (χ0) is 23.9. The average Bonchev–Trinajstić information content (AvgIpc) is 3.55. The van der Waals surface area contributed by atoms with E-state index in [1.807, 2.05) is 53.4 Å². The van der Waals surface area contributed by atoms with Gasteiger partial charge in [-0.25, -0.2) is 0 Å². The van der Waals surface area contributed by atoms with Crippen LogP contribution in [0, 0.1) is 0 Å². The molecule has 2 heterocycles. The van der Waals surface area contributed by atoms with Gasteiger partial charge in [0.2, 0.25) is 5.88 Å². The summed E-state index contributed by atoms with van der Waals surface area (Å²) in [7, 11) is 1.60. The topological polar surface area (TPSA) is 68.0 Å². The molecule has 7 heteroatoms. The molecule has 0 unspecified atom stereocenters. The zero-order valence-corrected chi connectivity index (χ0v) is 20.2. The van der Waals surface area contributed by atoms with E-state index in [2.05, 4.69) is 23.9 Å². The van der Waals surface area contributed by atoms with Gasteiger partial charge in [-0.05, 0) is 44.9 Å². The first-order chi connectivity index (χ1) is 16.6. The van der Waals surface area contributed by atoms with E-state index < -0.39 is 0 Å². The van der Waals surface area contributed by atoms with Crippen molar-refractivity contribution in [1.82, 2.24) is 10.1 Å². The summed E-state index contributed by atoms with van der Waals surface area (Å²) in [6.07, 6.45) is 1.98. The van der Waals surface area contributed by atoms with Gasteiger partial charge in [0.15, 0.2) is 0 Å². The molecular weight excluding hydrogens is 430 g/mol. The molecule has 1 amide bonds. The minimum atomic E-state index is -0.0693. The monoisotopic (exact) mass is 463 g/mol. The van der Waals surface area contributed by atoms with Gasteiger partial charge in [-0.15, -0.1) is 0 Å². The van der Waals surface area contributed by atoms with Gasteiger partial charge in [0, 0.05) is 37.4 Å². The Labute approximate surface area is 201 Å². The van der Waals surface area contributed by atoms with Crippen LogP contribution in [0.2, 0.25) is 0 Å². The molecular formula is C27H33N3O4. The van der Waals surface area contributed by atoms with Crippen LogP contribution in [-0.2, 0) is 11.3 Å². The van der Waals surface area contributed by atoms with E-state index in [-0.39, 0.29) is 12.0 Å². The molecule has 180 valence electrons. The third-order valence-electron chi connectivity index (χ3n) is 6.27. The first kappa shape index (κ1) is 23.8. The Hall–Kier alpha value is -3.32. The second-order valence-electron chi connectivity index (χ2n) is 8.41. The lowest BCUT2D eigenvalue weighted by molar-refractivity contribution is 0.0507. The molecule has 1 aliphatic heterocycles. The maximum absolute atomic E-state index is 13.7. The minimum absolute atomic E-state index is 0.0199. The summed E-state index contributed by atoms with van der Waals surface area (Å²) in [4.78, 5) is 17.7. The molecule has 3 aromatic rings. The van der Waals surface area contributed by atoms with Crippen molar-refractivity contribution >= 4 is 11.8 Å². The summed E-state index contributed by atoms with van der Waals surface area (Å²) in [6, 6.07) is 17.3. The molecule has 0 spiro atoms. The molecule has 0 N–H and O–H groups in total. The number of rotatable bonds is 10. The predicted octanol–water partition coefficient (Wildman–Crippen LogP) is 5.02. The number of nitrogens with zero attached hydrogens (tertiary/aromatic N) is 3. The van der Waals surface area contributed by atoms with Gasteiger partial charge in [0.05, 0.1) is 25.3 Å². The number of ether oxygens (including phenoxy) is 2. The zero-order valence-electron chi connectivity index (χ0n) is 20.2. The number of carbonyl (C=O) groups excluding carboxylic acids is 1. The van der Waals surface area contributed by atoms with Gasteiger partial charge in [-0.3, -0.25) is 4.79 Å². The highest BCUT2D eigenvalue weighted by Crippen LogP contribution is 2.33. The van der Waals surface area contributed by atoms with E-state index in [9.17, 15) is 4.79 Å². The maximum Gasteiger partial charge on any atom is 0.254 e. The Bertz CT molecular complexity index is 1070. The van der Waals surface area contributed by atoms with Crippen molar-refractivity contribution < 1.29 is 18.8 Å². The average molecular weight is 464 g/mol. The summed E-state index contributed by atoms with van der Waals surface area (Å²) in [5.74, 6) is 1.29. The lowest BCUT2D eigenvalue weighted by Gasteiger charge is -2.27. The molecule has 0 saturated carbocycles. The van der Waals surface area contributed by atoms with Gasteiger partial charge in [0.1, 0.15) is 11.4 Å².